The van der Waals surface area contributed by atoms with Gasteiger partial charge in [-0.3, -0.25) is 4.90 Å². The van der Waals surface area contributed by atoms with Crippen LogP contribution in [0.1, 0.15) is 35.4 Å². The van der Waals surface area contributed by atoms with Crippen LogP contribution in [0.15, 0.2) is 48.5 Å². The Hall–Kier alpha value is -2.53. The Morgan fingerprint density at radius 2 is 1.65 bits per heavy atom. The monoisotopic (exact) mass is 349 g/mol. The molecule has 0 spiro atoms. The molecule has 0 radical (unpaired) electrons. The van der Waals surface area contributed by atoms with Crippen molar-refractivity contribution in [2.45, 2.75) is 39.7 Å². The molecule has 136 valence electrons. The average Bonchev–Trinajstić information content (AvgIpc) is 3.07. The predicted molar refractivity (Wildman–Crippen MR) is 104 cm³/mol. The third kappa shape index (κ3) is 4.55. The Labute approximate surface area is 155 Å². The van der Waals surface area contributed by atoms with Crippen LogP contribution in [0.5, 0.6) is 0 Å². The van der Waals surface area contributed by atoms with Crippen molar-refractivity contribution in [2.75, 3.05) is 13.6 Å². The highest BCUT2D eigenvalue weighted by Crippen LogP contribution is 2.19. The molecule has 0 saturated carbocycles. The van der Waals surface area contributed by atoms with E-state index < -0.39 is 0 Å². The molecule has 1 aromatic heterocycles. The number of nitrogens with zero attached hydrogens (tertiary/aromatic N) is 5. The lowest BCUT2D eigenvalue weighted by Crippen LogP contribution is -2.22. The molecule has 0 unspecified atom stereocenters. The molecule has 0 fully saturated rings. The van der Waals surface area contributed by atoms with Crippen molar-refractivity contribution in [1.82, 2.24) is 25.1 Å². The van der Waals surface area contributed by atoms with Gasteiger partial charge in [0.2, 0.25) is 0 Å². The molecule has 0 aliphatic carbocycles. The first-order valence-electron chi connectivity index (χ1n) is 9.21. The molecular weight excluding hydrogens is 322 g/mol. The molecule has 3 rings (SSSR count). The third-order valence-electron chi connectivity index (χ3n) is 4.69. The summed E-state index contributed by atoms with van der Waals surface area (Å²) in [6.45, 7) is 5.97. The second-order valence-electron chi connectivity index (χ2n) is 6.93. The van der Waals surface area contributed by atoms with Crippen LogP contribution in [0.3, 0.4) is 0 Å². The second kappa shape index (κ2) is 8.72. The van der Waals surface area contributed by atoms with E-state index in [-0.39, 0.29) is 0 Å². The molecule has 0 aliphatic rings. The lowest BCUT2D eigenvalue weighted by molar-refractivity contribution is 0.308. The van der Waals surface area contributed by atoms with Crippen LogP contribution in [0, 0.1) is 13.8 Å². The van der Waals surface area contributed by atoms with Crippen molar-refractivity contribution in [2.24, 2.45) is 0 Å². The zero-order chi connectivity index (χ0) is 18.4. The minimum absolute atomic E-state index is 0.742. The van der Waals surface area contributed by atoms with Gasteiger partial charge in [-0.1, -0.05) is 48.5 Å². The first-order valence-corrected chi connectivity index (χ1v) is 9.21. The molecule has 0 bridgehead atoms. The summed E-state index contributed by atoms with van der Waals surface area (Å²) in [5, 5.41) is 12.4. The van der Waals surface area contributed by atoms with E-state index in [9.17, 15) is 0 Å². The lowest BCUT2D eigenvalue weighted by atomic mass is 10.1. The van der Waals surface area contributed by atoms with E-state index in [2.05, 4.69) is 89.9 Å². The number of tetrazole rings is 1. The fourth-order valence-electron chi connectivity index (χ4n) is 3.29. The molecule has 0 atom stereocenters. The third-order valence-corrected chi connectivity index (χ3v) is 4.69. The Bertz CT molecular complexity index is 805. The van der Waals surface area contributed by atoms with E-state index in [0.717, 1.165) is 37.4 Å². The van der Waals surface area contributed by atoms with E-state index in [0.29, 0.717) is 0 Å². The van der Waals surface area contributed by atoms with Gasteiger partial charge in [0, 0.05) is 0 Å². The summed E-state index contributed by atoms with van der Waals surface area (Å²) in [7, 11) is 2.13. The maximum Gasteiger partial charge on any atom is 0.170 e. The highest BCUT2D eigenvalue weighted by Gasteiger charge is 2.14. The number of hydrogen-bond donors (Lipinski definition) is 0. The van der Waals surface area contributed by atoms with Gasteiger partial charge in [0.1, 0.15) is 0 Å². The van der Waals surface area contributed by atoms with Gasteiger partial charge in [-0.25, -0.2) is 0 Å². The summed E-state index contributed by atoms with van der Waals surface area (Å²) in [6, 6.07) is 16.9. The van der Waals surface area contributed by atoms with Gasteiger partial charge in [-0.05, 0) is 73.8 Å². The van der Waals surface area contributed by atoms with Crippen molar-refractivity contribution in [3.8, 4) is 5.69 Å². The van der Waals surface area contributed by atoms with Crippen LogP contribution in [0.4, 0.5) is 0 Å². The topological polar surface area (TPSA) is 46.8 Å². The van der Waals surface area contributed by atoms with Gasteiger partial charge in [0.05, 0.1) is 12.2 Å². The van der Waals surface area contributed by atoms with Crippen molar-refractivity contribution in [3.05, 3.63) is 71.0 Å². The number of aromatic nitrogens is 4. The van der Waals surface area contributed by atoms with Crippen LogP contribution < -0.4 is 0 Å². The maximum absolute atomic E-state index is 4.25. The number of aryl methyl sites for hydroxylation is 3. The normalized spacial score (nSPS) is 11.2. The summed E-state index contributed by atoms with van der Waals surface area (Å²) in [4.78, 5) is 2.29. The van der Waals surface area contributed by atoms with E-state index in [1.54, 1.807) is 0 Å². The van der Waals surface area contributed by atoms with E-state index in [1.165, 1.54) is 23.1 Å². The Kier molecular flexibility index (Phi) is 6.12. The quantitative estimate of drug-likeness (QED) is 0.581. The van der Waals surface area contributed by atoms with Crippen molar-refractivity contribution < 1.29 is 0 Å². The zero-order valence-electron chi connectivity index (χ0n) is 15.9. The van der Waals surface area contributed by atoms with E-state index in [1.807, 2.05) is 4.68 Å². The summed E-state index contributed by atoms with van der Waals surface area (Å²) >= 11 is 0. The number of para-hydroxylation sites is 1. The molecule has 5 heteroatoms. The van der Waals surface area contributed by atoms with Gasteiger partial charge in [-0.15, -0.1) is 5.10 Å². The molecule has 5 nitrogen and oxygen atoms in total. The SMILES string of the molecule is Cc1cccc(C)c1-n1nnnc1CN(C)CCCCc1ccccc1. The van der Waals surface area contributed by atoms with Gasteiger partial charge in [-0.2, -0.15) is 4.68 Å². The largest absolute Gasteiger partial charge is 0.299 e. The number of unbranched alkanes of at least 4 members (excludes halogenated alkanes) is 1. The number of benzene rings is 2. The van der Waals surface area contributed by atoms with Gasteiger partial charge < -0.3 is 0 Å². The Balaban J connectivity index is 1.55. The summed E-state index contributed by atoms with van der Waals surface area (Å²) < 4.78 is 1.88. The number of rotatable bonds is 8. The predicted octanol–water partition coefficient (Wildman–Crippen LogP) is 3.73. The molecule has 0 aliphatic heterocycles. The smallest absolute Gasteiger partial charge is 0.170 e. The van der Waals surface area contributed by atoms with Crippen LogP contribution in [0.25, 0.3) is 5.69 Å². The lowest BCUT2D eigenvalue weighted by Gasteiger charge is -2.17. The van der Waals surface area contributed by atoms with Gasteiger partial charge >= 0.3 is 0 Å². The highest BCUT2D eigenvalue weighted by molar-refractivity contribution is 5.46. The van der Waals surface area contributed by atoms with Gasteiger partial charge in [0.15, 0.2) is 5.82 Å². The van der Waals surface area contributed by atoms with Crippen molar-refractivity contribution in [3.63, 3.8) is 0 Å². The van der Waals surface area contributed by atoms with Crippen LogP contribution in [0.2, 0.25) is 0 Å². The van der Waals surface area contributed by atoms with Crippen molar-refractivity contribution in [1.29, 1.82) is 0 Å². The zero-order valence-corrected chi connectivity index (χ0v) is 15.9. The molecule has 26 heavy (non-hydrogen) atoms. The second-order valence-corrected chi connectivity index (χ2v) is 6.93. The Morgan fingerprint density at radius 3 is 2.38 bits per heavy atom. The molecular formula is C21H27N5. The van der Waals surface area contributed by atoms with E-state index >= 15 is 0 Å². The molecule has 0 saturated heterocycles. The number of hydrogen-bond acceptors (Lipinski definition) is 4. The minimum atomic E-state index is 0.742. The maximum atomic E-state index is 4.25. The van der Waals surface area contributed by atoms with E-state index in [4.69, 9.17) is 0 Å². The first-order chi connectivity index (χ1) is 12.6. The van der Waals surface area contributed by atoms with Crippen molar-refractivity contribution >= 4 is 0 Å². The minimum Gasteiger partial charge on any atom is -0.299 e. The molecule has 0 amide bonds. The Morgan fingerprint density at radius 1 is 0.923 bits per heavy atom. The summed E-state index contributed by atoms with van der Waals surface area (Å²) in [5.74, 6) is 0.882. The fraction of sp³-hybridized carbons (Fsp3) is 0.381. The first kappa shape index (κ1) is 18.3. The van der Waals surface area contributed by atoms with Crippen LogP contribution in [-0.4, -0.2) is 38.7 Å². The molecule has 1 heterocycles. The highest BCUT2D eigenvalue weighted by atomic mass is 15.5. The van der Waals surface area contributed by atoms with Crippen LogP contribution in [-0.2, 0) is 13.0 Å². The standard InChI is InChI=1S/C21H27N5/c1-17-10-9-11-18(2)21(17)26-20(22-23-24-26)16-25(3)15-8-7-14-19-12-5-4-6-13-19/h4-6,9-13H,7-8,14-16H2,1-3H3. The average molecular weight is 349 g/mol. The molecule has 2 aromatic carbocycles. The fourth-order valence-corrected chi connectivity index (χ4v) is 3.29. The summed E-state index contributed by atoms with van der Waals surface area (Å²) in [6.07, 6.45) is 3.49. The molecule has 3 aromatic rings. The molecule has 0 N–H and O–H groups in total. The summed E-state index contributed by atoms with van der Waals surface area (Å²) in [5.41, 5.74) is 4.87. The van der Waals surface area contributed by atoms with Gasteiger partial charge in [0.25, 0.3) is 0 Å². The van der Waals surface area contributed by atoms with Crippen LogP contribution >= 0.6 is 0 Å².